The van der Waals surface area contributed by atoms with E-state index in [9.17, 15) is 33.6 Å². The van der Waals surface area contributed by atoms with E-state index in [1.165, 1.54) is 22.6 Å². The minimum Gasteiger partial charge on any atom is -0.497 e. The molecule has 0 radical (unpaired) electrons. The van der Waals surface area contributed by atoms with Gasteiger partial charge in [0, 0.05) is 120 Å². The Morgan fingerprint density at radius 2 is 1.05 bits per heavy atom. The van der Waals surface area contributed by atoms with Crippen molar-refractivity contribution in [1.29, 1.82) is 0 Å². The molecule has 20 nitrogen and oxygen atoms in total. The van der Waals surface area contributed by atoms with E-state index in [1.54, 1.807) is 87.2 Å². The highest BCUT2D eigenvalue weighted by Crippen LogP contribution is 2.35. The summed E-state index contributed by atoms with van der Waals surface area (Å²) < 4.78 is 31.4. The summed E-state index contributed by atoms with van der Waals surface area (Å²) in [6, 6.07) is 30.8. The number of rotatable bonds is 9. The van der Waals surface area contributed by atoms with Gasteiger partial charge in [0.05, 0.1) is 36.9 Å². The zero-order valence-electron chi connectivity index (χ0n) is 48.5. The second-order valence-electron chi connectivity index (χ2n) is 21.3. The lowest BCUT2D eigenvalue weighted by Gasteiger charge is -2.31. The Balaban J connectivity index is 0.000000127. The number of methoxy groups -OCH3 is 3. The molecule has 0 N–H and O–H groups in total. The monoisotopic (exact) mass is 1160 g/mol. The van der Waals surface area contributed by atoms with Crippen molar-refractivity contribution in [3.8, 4) is 23.0 Å². The Bertz CT molecular complexity index is 3330. The van der Waals surface area contributed by atoms with Crippen LogP contribution in [0.1, 0.15) is 140 Å². The molecular weight excluding hydrogens is 1090 g/mol. The Kier molecular flexibility index (Phi) is 21.2. The fraction of sp³-hybridized carbons (Fsp3) is 0.400. The van der Waals surface area contributed by atoms with Crippen LogP contribution >= 0.6 is 0 Å². The van der Waals surface area contributed by atoms with E-state index >= 15 is 0 Å². The molecule has 6 aromatic rings. The van der Waals surface area contributed by atoms with Crippen LogP contribution in [0.25, 0.3) is 11.0 Å². The zero-order chi connectivity index (χ0) is 59.7. The van der Waals surface area contributed by atoms with Crippen molar-refractivity contribution in [3.05, 3.63) is 154 Å². The largest absolute Gasteiger partial charge is 0.497 e. The molecule has 7 aliphatic heterocycles. The molecule has 13 rings (SSSR count). The number of carbonyl (C=O) groups is 7. The van der Waals surface area contributed by atoms with Crippen molar-refractivity contribution in [3.63, 3.8) is 0 Å². The number of hydrogen-bond donors (Lipinski definition) is 0. The normalized spacial score (nSPS) is 17.4. The second-order valence-corrected chi connectivity index (χ2v) is 21.3. The summed E-state index contributed by atoms with van der Waals surface area (Å²) in [5.74, 6) is 2.23. The topological polar surface area (TPSA) is 217 Å². The van der Waals surface area contributed by atoms with E-state index in [2.05, 4.69) is 9.97 Å². The predicted octanol–water partition coefficient (Wildman–Crippen LogP) is 9.14. The lowest BCUT2D eigenvalue weighted by Crippen LogP contribution is -2.42. The third kappa shape index (κ3) is 15.5. The van der Waals surface area contributed by atoms with Gasteiger partial charge in [-0.1, -0.05) is 24.3 Å². The lowest BCUT2D eigenvalue weighted by atomic mass is 10.1. The van der Waals surface area contributed by atoms with Crippen LogP contribution in [0.3, 0.4) is 0 Å². The van der Waals surface area contributed by atoms with Gasteiger partial charge in [-0.15, -0.1) is 0 Å². The lowest BCUT2D eigenvalue weighted by molar-refractivity contribution is -0.126. The van der Waals surface area contributed by atoms with Crippen LogP contribution in [-0.2, 0) is 32.3 Å². The molecule has 7 amide bonds. The molecule has 8 heterocycles. The standard InChI is InChI=1S/2C14H19NO2.C13H11N3O2.C12H11NO4.C12H13NO3/c1-17-11-12-5-7-13(8-6-12)14(16)15-9-3-2-4-10-15;1-17-11-12-6-5-7-13(10-12)14(16)15-8-3-2-4-9-15;17-13-8-6-9-10(15-4-3-14-9)7-11(8)18-12-2-1-5-16(12)13;14-11-2-1-5-13(11)12(15)8-3-4-9-10(6-8)17-7-16-9;1-16-10-6-4-9(5-7-10)12(15)13-8-2-3-11(13)14/h5-8H,2-4,9-11H2,1H3;5-7,10H,2-4,8-9,11H2,1H3;3-4,6-7,12H,1-2,5H2;3-4,6H,1-2,5,7H2;4-7H,2-3,8H2,1H3. The van der Waals surface area contributed by atoms with Crippen LogP contribution in [0, 0.1) is 0 Å². The number of benzene rings is 5. The van der Waals surface area contributed by atoms with E-state index in [1.807, 2.05) is 64.4 Å². The van der Waals surface area contributed by atoms with Crippen molar-refractivity contribution in [1.82, 2.24) is 34.5 Å². The van der Waals surface area contributed by atoms with Crippen molar-refractivity contribution in [2.45, 2.75) is 96.5 Å². The highest BCUT2D eigenvalue weighted by molar-refractivity contribution is 6.07. The molecule has 446 valence electrons. The van der Waals surface area contributed by atoms with E-state index in [-0.39, 0.29) is 54.4 Å². The quantitative estimate of drug-likeness (QED) is 0.123. The van der Waals surface area contributed by atoms with E-state index in [0.29, 0.717) is 78.8 Å². The van der Waals surface area contributed by atoms with Gasteiger partial charge in [-0.25, -0.2) is 0 Å². The van der Waals surface area contributed by atoms with Crippen LogP contribution in [0.2, 0.25) is 0 Å². The van der Waals surface area contributed by atoms with Gasteiger partial charge in [0.25, 0.3) is 29.5 Å². The number of nitrogens with zero attached hydrogens (tertiary/aromatic N) is 7. The molecule has 0 saturated carbocycles. The number of aromatic nitrogens is 2. The molecule has 7 aliphatic rings. The SMILES string of the molecule is COCc1ccc(C(=O)N2CCCCC2)cc1.COCc1cccc(C(=O)N2CCCCC2)c1.COc1ccc(C(=O)N2CCCC2=O)cc1.O=C1CCCN1C(=O)c1ccc2c(c1)OCO2.O=C1c2cc3nccnc3cc2OC2CCCN12. The summed E-state index contributed by atoms with van der Waals surface area (Å²) in [4.78, 5) is 100. The summed E-state index contributed by atoms with van der Waals surface area (Å²) in [5, 5.41) is 0. The fourth-order valence-corrected chi connectivity index (χ4v) is 10.9. The van der Waals surface area contributed by atoms with E-state index in [4.69, 9.17) is 28.4 Å². The van der Waals surface area contributed by atoms with Crippen LogP contribution in [0.4, 0.5) is 0 Å². The second kappa shape index (κ2) is 29.7. The molecule has 0 bridgehead atoms. The molecule has 0 aliphatic carbocycles. The van der Waals surface area contributed by atoms with Gasteiger partial charge in [-0.3, -0.25) is 53.3 Å². The summed E-state index contributed by atoms with van der Waals surface area (Å²) >= 11 is 0. The molecule has 5 aromatic carbocycles. The number of imide groups is 2. The van der Waals surface area contributed by atoms with Crippen LogP contribution in [0.5, 0.6) is 23.0 Å². The van der Waals surface area contributed by atoms with Gasteiger partial charge in [0.2, 0.25) is 18.6 Å². The number of fused-ring (bicyclic) bond motifs is 4. The number of amides is 7. The van der Waals surface area contributed by atoms with Crippen LogP contribution in [0.15, 0.2) is 116 Å². The maximum Gasteiger partial charge on any atom is 0.260 e. The van der Waals surface area contributed by atoms with Gasteiger partial charge < -0.3 is 43.1 Å². The number of likely N-dealkylation sites (tertiary alicyclic amines) is 4. The van der Waals surface area contributed by atoms with Crippen LogP contribution in [-0.4, -0.2) is 156 Å². The van der Waals surface area contributed by atoms with Gasteiger partial charge in [0.1, 0.15) is 11.5 Å². The van der Waals surface area contributed by atoms with Gasteiger partial charge >= 0.3 is 0 Å². The summed E-state index contributed by atoms with van der Waals surface area (Å²) in [6.45, 7) is 6.74. The molecule has 1 atom stereocenters. The smallest absolute Gasteiger partial charge is 0.260 e. The maximum atomic E-state index is 12.3. The predicted molar refractivity (Wildman–Crippen MR) is 314 cm³/mol. The fourth-order valence-electron chi connectivity index (χ4n) is 10.9. The van der Waals surface area contributed by atoms with Crippen molar-refractivity contribution >= 4 is 52.4 Å². The molecule has 5 saturated heterocycles. The maximum absolute atomic E-state index is 12.3. The molecular formula is C65H73N7O13. The Hall–Kier alpha value is -8.75. The first kappa shape index (κ1) is 60.8. The molecule has 20 heteroatoms. The van der Waals surface area contributed by atoms with Crippen molar-refractivity contribution in [2.24, 2.45) is 0 Å². The average Bonchev–Trinajstić information content (AvgIpc) is 4.25. The van der Waals surface area contributed by atoms with Gasteiger partial charge in [-0.05, 0) is 142 Å². The number of ether oxygens (including phenoxy) is 6. The third-order valence-electron chi connectivity index (χ3n) is 15.4. The minimum atomic E-state index is -0.259. The first-order valence-electron chi connectivity index (χ1n) is 29.1. The number of piperidine rings is 2. The highest BCUT2D eigenvalue weighted by atomic mass is 16.7. The van der Waals surface area contributed by atoms with Gasteiger partial charge in [0.15, 0.2) is 17.7 Å². The molecule has 0 spiro atoms. The Morgan fingerprint density at radius 1 is 0.506 bits per heavy atom. The third-order valence-corrected chi connectivity index (χ3v) is 15.4. The highest BCUT2D eigenvalue weighted by Gasteiger charge is 2.37. The summed E-state index contributed by atoms with van der Waals surface area (Å²) in [5.41, 5.74) is 6.79. The number of hydrogen-bond acceptors (Lipinski definition) is 15. The Labute approximate surface area is 494 Å². The van der Waals surface area contributed by atoms with Crippen molar-refractivity contribution < 1.29 is 62.0 Å². The molecule has 1 aromatic heterocycles. The first-order valence-corrected chi connectivity index (χ1v) is 29.1. The van der Waals surface area contributed by atoms with E-state index in [0.717, 1.165) is 117 Å². The minimum absolute atomic E-state index is 0.0475. The van der Waals surface area contributed by atoms with E-state index < -0.39 is 0 Å². The molecule has 85 heavy (non-hydrogen) atoms. The molecule has 5 fully saturated rings. The number of carbonyl (C=O) groups excluding carboxylic acids is 7. The van der Waals surface area contributed by atoms with Crippen LogP contribution < -0.4 is 18.9 Å². The zero-order valence-corrected chi connectivity index (χ0v) is 48.5. The summed E-state index contributed by atoms with van der Waals surface area (Å²) in [6.07, 6.45) is 14.5. The first-order chi connectivity index (χ1) is 41.4. The molecule has 1 unspecified atom stereocenters. The van der Waals surface area contributed by atoms with Gasteiger partial charge in [-0.2, -0.15) is 0 Å². The summed E-state index contributed by atoms with van der Waals surface area (Å²) in [7, 11) is 4.91. The average molecular weight is 1160 g/mol. The van der Waals surface area contributed by atoms with Crippen molar-refractivity contribution in [2.75, 3.05) is 73.9 Å². The Morgan fingerprint density at radius 3 is 1.65 bits per heavy atom.